The Kier molecular flexibility index (Phi) is 3.40. The van der Waals surface area contributed by atoms with Gasteiger partial charge in [-0.1, -0.05) is 0 Å². The van der Waals surface area contributed by atoms with E-state index in [0.29, 0.717) is 0 Å². The molecule has 0 bridgehead atoms. The van der Waals surface area contributed by atoms with E-state index in [2.05, 4.69) is 38.4 Å². The minimum Gasteiger partial charge on any atom is -0.444 e. The van der Waals surface area contributed by atoms with Crippen LogP contribution in [0.2, 0.25) is 0 Å². The summed E-state index contributed by atoms with van der Waals surface area (Å²) >= 11 is 0. The number of nitrogens with one attached hydrogen (secondary N) is 4. The molecular formula is C15H19N5O. The molecule has 4 N–H and O–H groups in total. The van der Waals surface area contributed by atoms with Crippen molar-refractivity contribution >= 4 is 11.4 Å². The number of oxazole rings is 1. The highest BCUT2D eigenvalue weighted by atomic mass is 16.3. The first kappa shape index (κ1) is 13.7. The van der Waals surface area contributed by atoms with E-state index in [4.69, 9.17) is 4.42 Å². The number of nitrogens with zero attached hydrogens (tertiary/aromatic N) is 1. The maximum atomic E-state index is 5.37. The summed E-state index contributed by atoms with van der Waals surface area (Å²) in [5.41, 5.74) is 4.16. The summed E-state index contributed by atoms with van der Waals surface area (Å²) in [7, 11) is 5.72. The Morgan fingerprint density at radius 2 is 2.00 bits per heavy atom. The second-order valence-electron chi connectivity index (χ2n) is 4.87. The molecule has 2 heterocycles. The molecule has 0 unspecified atom stereocenters. The third-order valence-corrected chi connectivity index (χ3v) is 3.78. The van der Waals surface area contributed by atoms with Crippen molar-refractivity contribution in [3.8, 4) is 11.3 Å². The van der Waals surface area contributed by atoms with Gasteiger partial charge in [-0.15, -0.1) is 0 Å². The first-order valence-electron chi connectivity index (χ1n) is 6.81. The van der Waals surface area contributed by atoms with E-state index in [1.807, 2.05) is 33.3 Å². The van der Waals surface area contributed by atoms with Crippen molar-refractivity contribution in [1.29, 1.82) is 0 Å². The monoisotopic (exact) mass is 285 g/mol. The zero-order valence-electron chi connectivity index (χ0n) is 12.3. The minimum absolute atomic E-state index is 0.473. The predicted molar refractivity (Wildman–Crippen MR) is 83.4 cm³/mol. The van der Waals surface area contributed by atoms with E-state index >= 15 is 0 Å². The van der Waals surface area contributed by atoms with E-state index in [0.717, 1.165) is 28.3 Å². The normalized spacial score (nSPS) is 15.9. The van der Waals surface area contributed by atoms with Crippen molar-refractivity contribution < 1.29 is 4.42 Å². The third-order valence-electron chi connectivity index (χ3n) is 3.78. The van der Waals surface area contributed by atoms with Crippen molar-refractivity contribution in [3.05, 3.63) is 42.4 Å². The van der Waals surface area contributed by atoms with Crippen LogP contribution in [0.3, 0.4) is 0 Å². The number of hydrogen-bond acceptors (Lipinski definition) is 6. The molecular weight excluding hydrogens is 266 g/mol. The minimum atomic E-state index is -0.473. The Bertz CT molecular complexity index is 659. The molecule has 2 aromatic rings. The zero-order chi connectivity index (χ0) is 14.9. The highest BCUT2D eigenvalue weighted by molar-refractivity contribution is 5.83. The Labute approximate surface area is 123 Å². The largest absolute Gasteiger partial charge is 0.444 e. The number of rotatable bonds is 4. The highest BCUT2D eigenvalue weighted by Crippen LogP contribution is 2.33. The van der Waals surface area contributed by atoms with Crippen LogP contribution in [0.1, 0.15) is 5.56 Å². The lowest BCUT2D eigenvalue weighted by molar-refractivity contribution is 0.424. The lowest BCUT2D eigenvalue weighted by atomic mass is 9.99. The molecule has 0 aliphatic carbocycles. The molecule has 0 saturated carbocycles. The van der Waals surface area contributed by atoms with Crippen molar-refractivity contribution in [2.24, 2.45) is 0 Å². The average molecular weight is 285 g/mol. The molecule has 1 aromatic heterocycles. The third kappa shape index (κ3) is 2.28. The van der Waals surface area contributed by atoms with Crippen LogP contribution in [0.25, 0.3) is 17.0 Å². The van der Waals surface area contributed by atoms with Gasteiger partial charge >= 0.3 is 0 Å². The van der Waals surface area contributed by atoms with Crippen LogP contribution < -0.4 is 21.3 Å². The molecule has 0 saturated heterocycles. The molecule has 6 nitrogen and oxygen atoms in total. The quantitative estimate of drug-likeness (QED) is 0.637. The molecule has 110 valence electrons. The maximum Gasteiger partial charge on any atom is 0.181 e. The SMILES string of the molecule is CNC1=CC(NC)(NC)Nc2ccc(-c3cnco3)cc21. The number of anilines is 1. The van der Waals surface area contributed by atoms with Gasteiger partial charge < -0.3 is 15.1 Å². The lowest BCUT2D eigenvalue weighted by Crippen LogP contribution is -2.60. The van der Waals surface area contributed by atoms with Crippen LogP contribution in [0.4, 0.5) is 5.69 Å². The van der Waals surface area contributed by atoms with Crippen molar-refractivity contribution in [2.45, 2.75) is 5.79 Å². The van der Waals surface area contributed by atoms with Gasteiger partial charge in [0.15, 0.2) is 17.9 Å². The molecule has 0 atom stereocenters. The molecule has 1 aliphatic heterocycles. The van der Waals surface area contributed by atoms with Crippen LogP contribution >= 0.6 is 0 Å². The van der Waals surface area contributed by atoms with Gasteiger partial charge in [-0.2, -0.15) is 0 Å². The van der Waals surface area contributed by atoms with Crippen LogP contribution in [0, 0.1) is 0 Å². The number of aromatic nitrogens is 1. The smallest absolute Gasteiger partial charge is 0.181 e. The average Bonchev–Trinajstić information content (AvgIpc) is 3.07. The summed E-state index contributed by atoms with van der Waals surface area (Å²) in [5, 5.41) is 13.2. The summed E-state index contributed by atoms with van der Waals surface area (Å²) in [6.45, 7) is 0. The second-order valence-corrected chi connectivity index (χ2v) is 4.87. The number of hydrogen-bond donors (Lipinski definition) is 4. The molecule has 0 fully saturated rings. The van der Waals surface area contributed by atoms with Gasteiger partial charge in [0.2, 0.25) is 0 Å². The molecule has 1 aromatic carbocycles. The standard InChI is InChI=1S/C15H19N5O/c1-16-13-7-15(17-2,18-3)20-12-5-4-10(6-11(12)13)14-8-19-9-21-14/h4-9,16-18,20H,1-3H3. The Morgan fingerprint density at radius 1 is 1.19 bits per heavy atom. The van der Waals surface area contributed by atoms with E-state index < -0.39 is 5.79 Å². The topological polar surface area (TPSA) is 74.2 Å². The summed E-state index contributed by atoms with van der Waals surface area (Å²) in [6, 6.07) is 6.14. The zero-order valence-corrected chi connectivity index (χ0v) is 12.3. The second kappa shape index (κ2) is 5.23. The first-order valence-corrected chi connectivity index (χ1v) is 6.81. The van der Waals surface area contributed by atoms with Crippen molar-refractivity contribution in [1.82, 2.24) is 20.9 Å². The van der Waals surface area contributed by atoms with Gasteiger partial charge in [0.05, 0.1) is 6.20 Å². The van der Waals surface area contributed by atoms with E-state index in [9.17, 15) is 0 Å². The van der Waals surface area contributed by atoms with E-state index in [1.165, 1.54) is 6.39 Å². The molecule has 0 spiro atoms. The van der Waals surface area contributed by atoms with Crippen molar-refractivity contribution in [3.63, 3.8) is 0 Å². The van der Waals surface area contributed by atoms with E-state index in [-0.39, 0.29) is 0 Å². The fourth-order valence-corrected chi connectivity index (χ4v) is 2.53. The van der Waals surface area contributed by atoms with Gasteiger partial charge in [-0.3, -0.25) is 10.6 Å². The summed E-state index contributed by atoms with van der Waals surface area (Å²) < 4.78 is 5.37. The summed E-state index contributed by atoms with van der Waals surface area (Å²) in [5.74, 6) is 0.284. The number of fused-ring (bicyclic) bond motifs is 1. The van der Waals surface area contributed by atoms with Gasteiger partial charge in [0.1, 0.15) is 0 Å². The van der Waals surface area contributed by atoms with Crippen LogP contribution in [0.5, 0.6) is 0 Å². The Morgan fingerprint density at radius 3 is 2.62 bits per heavy atom. The maximum absolute atomic E-state index is 5.37. The molecule has 0 radical (unpaired) electrons. The number of benzene rings is 1. The fraction of sp³-hybridized carbons (Fsp3) is 0.267. The highest BCUT2D eigenvalue weighted by Gasteiger charge is 2.30. The number of likely N-dealkylation sites (N-methyl/N-ethyl adjacent to an activating group) is 2. The van der Waals surface area contributed by atoms with E-state index in [1.54, 1.807) is 6.20 Å². The fourth-order valence-electron chi connectivity index (χ4n) is 2.53. The predicted octanol–water partition coefficient (Wildman–Crippen LogP) is 1.42. The molecule has 1 aliphatic rings. The van der Waals surface area contributed by atoms with Crippen LogP contribution in [-0.2, 0) is 0 Å². The van der Waals surface area contributed by atoms with Gasteiger partial charge in [0.25, 0.3) is 0 Å². The van der Waals surface area contributed by atoms with Crippen molar-refractivity contribution in [2.75, 3.05) is 26.5 Å². The Hall–Kier alpha value is -2.31. The van der Waals surface area contributed by atoms with Crippen LogP contribution in [0.15, 0.2) is 41.3 Å². The van der Waals surface area contributed by atoms with Gasteiger partial charge in [-0.05, 0) is 38.4 Å². The first-order chi connectivity index (χ1) is 10.2. The van der Waals surface area contributed by atoms with Gasteiger partial charge in [0, 0.05) is 29.6 Å². The molecule has 3 rings (SSSR count). The molecule has 6 heteroatoms. The van der Waals surface area contributed by atoms with Gasteiger partial charge in [-0.25, -0.2) is 4.98 Å². The summed E-state index contributed by atoms with van der Waals surface area (Å²) in [6.07, 6.45) is 5.24. The summed E-state index contributed by atoms with van der Waals surface area (Å²) in [4.78, 5) is 3.97. The molecule has 0 amide bonds. The molecule has 21 heavy (non-hydrogen) atoms. The Balaban J connectivity index is 2.08. The lowest BCUT2D eigenvalue weighted by Gasteiger charge is -2.37. The van der Waals surface area contributed by atoms with Crippen LogP contribution in [-0.4, -0.2) is 31.9 Å².